The van der Waals surface area contributed by atoms with Gasteiger partial charge >= 0.3 is 0 Å². The Morgan fingerprint density at radius 2 is 1.68 bits per heavy atom. The number of rotatable bonds is 6. The van der Waals surface area contributed by atoms with Crippen LogP contribution in [-0.4, -0.2) is 30.3 Å². The lowest BCUT2D eigenvalue weighted by molar-refractivity contribution is 0.0792. The Morgan fingerprint density at radius 1 is 1.04 bits per heavy atom. The monoisotopic (exact) mass is 378 g/mol. The first kappa shape index (κ1) is 19.3. The van der Waals surface area contributed by atoms with E-state index in [4.69, 9.17) is 23.2 Å². The van der Waals surface area contributed by atoms with Crippen molar-refractivity contribution in [3.63, 3.8) is 0 Å². The third kappa shape index (κ3) is 5.21. The summed E-state index contributed by atoms with van der Waals surface area (Å²) in [4.78, 5) is 26.3. The van der Waals surface area contributed by atoms with Gasteiger partial charge in [-0.2, -0.15) is 0 Å². The lowest BCUT2D eigenvalue weighted by atomic mass is 10.1. The zero-order chi connectivity index (χ0) is 18.4. The highest BCUT2D eigenvalue weighted by Crippen LogP contribution is 2.25. The van der Waals surface area contributed by atoms with Crippen molar-refractivity contribution < 1.29 is 9.59 Å². The van der Waals surface area contributed by atoms with E-state index in [-0.39, 0.29) is 11.8 Å². The number of carbonyl (C=O) groups is 2. The average Bonchev–Trinajstić information content (AvgIpc) is 2.61. The Morgan fingerprint density at radius 3 is 2.28 bits per heavy atom. The average molecular weight is 379 g/mol. The summed E-state index contributed by atoms with van der Waals surface area (Å²) >= 11 is 11.9. The van der Waals surface area contributed by atoms with Crippen LogP contribution in [0.3, 0.4) is 0 Å². The van der Waals surface area contributed by atoms with E-state index in [1.165, 1.54) is 0 Å². The number of amides is 2. The summed E-state index contributed by atoms with van der Waals surface area (Å²) in [5.74, 6) is -0.358. The van der Waals surface area contributed by atoms with Crippen molar-refractivity contribution in [1.29, 1.82) is 0 Å². The molecule has 0 saturated heterocycles. The molecule has 25 heavy (non-hydrogen) atoms. The fourth-order valence-corrected chi connectivity index (χ4v) is 2.72. The van der Waals surface area contributed by atoms with Crippen molar-refractivity contribution in [1.82, 2.24) is 4.90 Å². The molecule has 0 radical (unpaired) electrons. The highest BCUT2D eigenvalue weighted by molar-refractivity contribution is 6.36. The minimum absolute atomic E-state index is 0.0545. The molecule has 0 aliphatic carbocycles. The summed E-state index contributed by atoms with van der Waals surface area (Å²) in [6.07, 6.45) is 1.99. The maximum Gasteiger partial charge on any atom is 0.255 e. The summed E-state index contributed by atoms with van der Waals surface area (Å²) in [6, 6.07) is 11.4. The smallest absolute Gasteiger partial charge is 0.255 e. The minimum Gasteiger partial charge on any atom is -0.342 e. The number of nitrogens with one attached hydrogen (secondary N) is 1. The lowest BCUT2D eigenvalue weighted by Crippen LogP contribution is -2.27. The van der Waals surface area contributed by atoms with Crippen molar-refractivity contribution in [3.8, 4) is 0 Å². The summed E-state index contributed by atoms with van der Waals surface area (Å²) in [7, 11) is 1.78. The summed E-state index contributed by atoms with van der Waals surface area (Å²) in [5, 5.41) is 3.59. The number of hydrogen-bond donors (Lipinski definition) is 1. The molecule has 0 bridgehead atoms. The third-order valence-electron chi connectivity index (χ3n) is 3.77. The van der Waals surface area contributed by atoms with E-state index >= 15 is 0 Å². The molecular formula is C19H20Cl2N2O2. The zero-order valence-electron chi connectivity index (χ0n) is 14.2. The normalized spacial score (nSPS) is 10.4. The summed E-state index contributed by atoms with van der Waals surface area (Å²) < 4.78 is 0. The van der Waals surface area contributed by atoms with Crippen molar-refractivity contribution in [3.05, 3.63) is 63.6 Å². The standard InChI is InChI=1S/C19H20Cl2N2O2/c1-3-4-11-23(2)19(25)14-7-5-13(6-8-14)18(24)22-17-10-9-15(20)12-16(17)21/h5-10,12H,3-4,11H2,1-2H3,(H,22,24). The number of nitrogens with zero attached hydrogens (tertiary/aromatic N) is 1. The van der Waals surface area contributed by atoms with Crippen LogP contribution >= 0.6 is 23.2 Å². The van der Waals surface area contributed by atoms with Gasteiger partial charge in [-0.15, -0.1) is 0 Å². The van der Waals surface area contributed by atoms with Gasteiger partial charge in [0.05, 0.1) is 10.7 Å². The van der Waals surface area contributed by atoms with Gasteiger partial charge in [0, 0.05) is 29.7 Å². The van der Waals surface area contributed by atoms with Gasteiger partial charge in [0.15, 0.2) is 0 Å². The lowest BCUT2D eigenvalue weighted by Gasteiger charge is -2.16. The first-order valence-electron chi connectivity index (χ1n) is 8.04. The van der Waals surface area contributed by atoms with E-state index in [0.29, 0.717) is 33.4 Å². The molecule has 6 heteroatoms. The molecule has 2 aromatic rings. The number of unbranched alkanes of at least 4 members (excludes halogenated alkanes) is 1. The van der Waals surface area contributed by atoms with Gasteiger partial charge in [-0.05, 0) is 48.9 Å². The summed E-state index contributed by atoms with van der Waals surface area (Å²) in [5.41, 5.74) is 1.48. The Labute approximate surface area is 157 Å². The summed E-state index contributed by atoms with van der Waals surface area (Å²) in [6.45, 7) is 2.80. The van der Waals surface area contributed by atoms with Crippen LogP contribution in [0.15, 0.2) is 42.5 Å². The predicted molar refractivity (Wildman–Crippen MR) is 103 cm³/mol. The molecule has 0 aromatic heterocycles. The van der Waals surface area contributed by atoms with Crippen LogP contribution in [0.4, 0.5) is 5.69 Å². The predicted octanol–water partition coefficient (Wildman–Crippen LogP) is 5.12. The van der Waals surface area contributed by atoms with E-state index in [9.17, 15) is 9.59 Å². The van der Waals surface area contributed by atoms with E-state index in [1.807, 2.05) is 0 Å². The van der Waals surface area contributed by atoms with Gasteiger partial charge in [0.1, 0.15) is 0 Å². The van der Waals surface area contributed by atoms with Gasteiger partial charge in [-0.1, -0.05) is 36.5 Å². The van der Waals surface area contributed by atoms with E-state index in [2.05, 4.69) is 12.2 Å². The number of halogens is 2. The molecule has 0 aliphatic rings. The molecule has 0 spiro atoms. The van der Waals surface area contributed by atoms with Gasteiger partial charge in [-0.3, -0.25) is 9.59 Å². The molecular weight excluding hydrogens is 359 g/mol. The van der Waals surface area contributed by atoms with Crippen molar-refractivity contribution in [2.75, 3.05) is 18.9 Å². The minimum atomic E-state index is -0.303. The molecule has 0 aliphatic heterocycles. The first-order valence-corrected chi connectivity index (χ1v) is 8.80. The Hall–Kier alpha value is -2.04. The van der Waals surface area contributed by atoms with Crippen LogP contribution in [0.25, 0.3) is 0 Å². The number of anilines is 1. The molecule has 2 amide bonds. The van der Waals surface area contributed by atoms with Crippen molar-refractivity contribution in [2.45, 2.75) is 19.8 Å². The van der Waals surface area contributed by atoms with Crippen LogP contribution in [0.2, 0.25) is 10.0 Å². The third-order valence-corrected chi connectivity index (χ3v) is 4.31. The van der Waals surface area contributed by atoms with Gasteiger partial charge in [0.25, 0.3) is 11.8 Å². The maximum atomic E-state index is 12.3. The molecule has 1 N–H and O–H groups in total. The fraction of sp³-hybridized carbons (Fsp3) is 0.263. The molecule has 2 rings (SSSR count). The molecule has 132 valence electrons. The van der Waals surface area contributed by atoms with Gasteiger partial charge in [-0.25, -0.2) is 0 Å². The molecule has 2 aromatic carbocycles. The topological polar surface area (TPSA) is 49.4 Å². The molecule has 0 unspecified atom stereocenters. The molecule has 0 atom stereocenters. The highest BCUT2D eigenvalue weighted by atomic mass is 35.5. The highest BCUT2D eigenvalue weighted by Gasteiger charge is 2.13. The zero-order valence-corrected chi connectivity index (χ0v) is 15.7. The van der Waals surface area contributed by atoms with Crippen LogP contribution in [0.5, 0.6) is 0 Å². The maximum absolute atomic E-state index is 12.3. The second-order valence-electron chi connectivity index (χ2n) is 5.74. The number of carbonyl (C=O) groups excluding carboxylic acids is 2. The quantitative estimate of drug-likeness (QED) is 0.758. The van der Waals surface area contributed by atoms with Gasteiger partial charge < -0.3 is 10.2 Å². The number of hydrogen-bond acceptors (Lipinski definition) is 2. The van der Waals surface area contributed by atoms with Gasteiger partial charge in [0.2, 0.25) is 0 Å². The number of benzene rings is 2. The molecule has 0 saturated carbocycles. The fourth-order valence-electron chi connectivity index (χ4n) is 2.27. The van der Waals surface area contributed by atoms with Crippen LogP contribution in [0.1, 0.15) is 40.5 Å². The molecule has 0 fully saturated rings. The van der Waals surface area contributed by atoms with Crippen LogP contribution in [0, 0.1) is 0 Å². The SMILES string of the molecule is CCCCN(C)C(=O)c1ccc(C(=O)Nc2ccc(Cl)cc2Cl)cc1. The Bertz CT molecular complexity index is 761. The molecule has 4 nitrogen and oxygen atoms in total. The Kier molecular flexibility index (Phi) is 6.85. The van der Waals surface area contributed by atoms with Crippen LogP contribution < -0.4 is 5.32 Å². The second kappa shape index (κ2) is 8.88. The Balaban J connectivity index is 2.06. The van der Waals surface area contributed by atoms with E-state index < -0.39 is 0 Å². The first-order chi connectivity index (χ1) is 11.9. The molecule has 0 heterocycles. The van der Waals surface area contributed by atoms with Crippen molar-refractivity contribution >= 4 is 40.7 Å². The largest absolute Gasteiger partial charge is 0.342 e. The van der Waals surface area contributed by atoms with Crippen LogP contribution in [-0.2, 0) is 0 Å². The van der Waals surface area contributed by atoms with E-state index in [0.717, 1.165) is 12.8 Å². The van der Waals surface area contributed by atoms with Crippen molar-refractivity contribution in [2.24, 2.45) is 0 Å². The second-order valence-corrected chi connectivity index (χ2v) is 6.58. The van der Waals surface area contributed by atoms with E-state index in [1.54, 1.807) is 54.4 Å².